The number of hydrogen-bond acceptors (Lipinski definition) is 6. The van der Waals surface area contributed by atoms with Gasteiger partial charge >= 0.3 is 17.9 Å². The molecular formula is C58H104O6. The van der Waals surface area contributed by atoms with Crippen LogP contribution < -0.4 is 0 Å². The fraction of sp³-hybridized carbons (Fsp3) is 0.810. The molecule has 0 rings (SSSR count). The number of esters is 3. The van der Waals surface area contributed by atoms with E-state index in [1.165, 1.54) is 135 Å². The molecule has 0 spiro atoms. The number of rotatable bonds is 50. The Morgan fingerprint density at radius 1 is 0.312 bits per heavy atom. The van der Waals surface area contributed by atoms with Crippen LogP contribution in [-0.4, -0.2) is 37.2 Å². The van der Waals surface area contributed by atoms with Crippen LogP contribution in [0, 0.1) is 0 Å². The SMILES string of the molecule is CCC/C=C\C/C=C\CCCCCCCC(=O)OCC(COC(=O)CCCCCCCCCCCCCCCCCCCC)OC(=O)CCCCCCC/C=C\C/C=C\CCCCC. The molecule has 6 nitrogen and oxygen atoms in total. The highest BCUT2D eigenvalue weighted by Gasteiger charge is 2.19. The molecular weight excluding hydrogens is 793 g/mol. The van der Waals surface area contributed by atoms with Crippen molar-refractivity contribution in [3.05, 3.63) is 48.6 Å². The molecule has 6 heteroatoms. The van der Waals surface area contributed by atoms with E-state index < -0.39 is 6.10 Å². The Balaban J connectivity index is 4.36. The summed E-state index contributed by atoms with van der Waals surface area (Å²) < 4.78 is 16.8. The van der Waals surface area contributed by atoms with E-state index in [0.717, 1.165) is 109 Å². The first kappa shape index (κ1) is 61.4. The molecule has 0 N–H and O–H groups in total. The molecule has 64 heavy (non-hydrogen) atoms. The first-order valence-corrected chi connectivity index (χ1v) is 27.6. The van der Waals surface area contributed by atoms with Crippen LogP contribution >= 0.6 is 0 Å². The maximum Gasteiger partial charge on any atom is 0.306 e. The van der Waals surface area contributed by atoms with Crippen molar-refractivity contribution in [2.45, 2.75) is 290 Å². The van der Waals surface area contributed by atoms with Crippen molar-refractivity contribution in [3.8, 4) is 0 Å². The highest BCUT2D eigenvalue weighted by Crippen LogP contribution is 2.16. The van der Waals surface area contributed by atoms with Crippen LogP contribution in [0.5, 0.6) is 0 Å². The van der Waals surface area contributed by atoms with Gasteiger partial charge in [-0.3, -0.25) is 14.4 Å². The Bertz CT molecular complexity index is 1120. The molecule has 0 saturated carbocycles. The van der Waals surface area contributed by atoms with Gasteiger partial charge in [0.1, 0.15) is 13.2 Å². The smallest absolute Gasteiger partial charge is 0.306 e. The van der Waals surface area contributed by atoms with Crippen LogP contribution in [0.2, 0.25) is 0 Å². The molecule has 0 radical (unpaired) electrons. The van der Waals surface area contributed by atoms with Crippen molar-refractivity contribution < 1.29 is 28.6 Å². The topological polar surface area (TPSA) is 78.9 Å². The van der Waals surface area contributed by atoms with Crippen LogP contribution in [0.25, 0.3) is 0 Å². The minimum atomic E-state index is -0.783. The number of carbonyl (C=O) groups is 3. The molecule has 0 heterocycles. The first-order chi connectivity index (χ1) is 31.5. The quantitative estimate of drug-likeness (QED) is 0.0262. The second kappa shape index (κ2) is 53.0. The van der Waals surface area contributed by atoms with E-state index in [-0.39, 0.29) is 31.1 Å². The molecule has 0 aliphatic rings. The fourth-order valence-corrected chi connectivity index (χ4v) is 7.86. The summed E-state index contributed by atoms with van der Waals surface area (Å²) in [5.74, 6) is -0.898. The van der Waals surface area contributed by atoms with Gasteiger partial charge in [-0.25, -0.2) is 0 Å². The normalized spacial score (nSPS) is 12.4. The second-order valence-electron chi connectivity index (χ2n) is 18.5. The van der Waals surface area contributed by atoms with Crippen molar-refractivity contribution in [2.75, 3.05) is 13.2 Å². The van der Waals surface area contributed by atoms with Gasteiger partial charge in [0.15, 0.2) is 6.10 Å². The van der Waals surface area contributed by atoms with Crippen LogP contribution in [0.3, 0.4) is 0 Å². The third-order valence-corrected chi connectivity index (χ3v) is 12.0. The summed E-state index contributed by atoms with van der Waals surface area (Å²) in [7, 11) is 0. The maximum atomic E-state index is 12.8. The minimum Gasteiger partial charge on any atom is -0.462 e. The number of carbonyl (C=O) groups excluding carboxylic acids is 3. The molecule has 0 bridgehead atoms. The summed E-state index contributed by atoms with van der Waals surface area (Å²) >= 11 is 0. The Hall–Kier alpha value is -2.63. The van der Waals surface area contributed by atoms with Crippen molar-refractivity contribution in [3.63, 3.8) is 0 Å². The van der Waals surface area contributed by atoms with Crippen LogP contribution in [0.15, 0.2) is 48.6 Å². The average molecular weight is 897 g/mol. The zero-order chi connectivity index (χ0) is 46.5. The highest BCUT2D eigenvalue weighted by atomic mass is 16.6. The summed E-state index contributed by atoms with van der Waals surface area (Å²) in [5, 5.41) is 0. The first-order valence-electron chi connectivity index (χ1n) is 27.6. The van der Waals surface area contributed by atoms with Gasteiger partial charge in [0.2, 0.25) is 0 Å². The Morgan fingerprint density at radius 3 is 0.953 bits per heavy atom. The minimum absolute atomic E-state index is 0.0808. The fourth-order valence-electron chi connectivity index (χ4n) is 7.86. The van der Waals surface area contributed by atoms with E-state index in [9.17, 15) is 14.4 Å². The molecule has 0 amide bonds. The van der Waals surface area contributed by atoms with Gasteiger partial charge in [0.25, 0.3) is 0 Å². The third-order valence-electron chi connectivity index (χ3n) is 12.0. The molecule has 0 aromatic heterocycles. The number of allylic oxidation sites excluding steroid dienone is 8. The summed E-state index contributed by atoms with van der Waals surface area (Å²) in [6, 6.07) is 0. The lowest BCUT2D eigenvalue weighted by Gasteiger charge is -2.18. The van der Waals surface area contributed by atoms with Gasteiger partial charge < -0.3 is 14.2 Å². The molecule has 1 atom stereocenters. The van der Waals surface area contributed by atoms with E-state index >= 15 is 0 Å². The average Bonchev–Trinajstić information content (AvgIpc) is 3.29. The van der Waals surface area contributed by atoms with Crippen molar-refractivity contribution >= 4 is 17.9 Å². The molecule has 0 fully saturated rings. The molecule has 0 aliphatic carbocycles. The lowest BCUT2D eigenvalue weighted by Crippen LogP contribution is -2.30. The van der Waals surface area contributed by atoms with E-state index in [1.807, 2.05) is 0 Å². The molecule has 372 valence electrons. The van der Waals surface area contributed by atoms with Gasteiger partial charge in [-0.05, 0) is 77.0 Å². The molecule has 0 aliphatic heterocycles. The van der Waals surface area contributed by atoms with Gasteiger partial charge in [-0.15, -0.1) is 0 Å². The predicted octanol–water partition coefficient (Wildman–Crippen LogP) is 18.3. The van der Waals surface area contributed by atoms with Crippen molar-refractivity contribution in [1.82, 2.24) is 0 Å². The Kier molecular flexibility index (Phi) is 50.8. The largest absolute Gasteiger partial charge is 0.462 e. The van der Waals surface area contributed by atoms with Crippen LogP contribution in [-0.2, 0) is 28.6 Å². The van der Waals surface area contributed by atoms with E-state index in [0.29, 0.717) is 19.3 Å². The standard InChI is InChI=1S/C58H104O6/c1-4-7-10-13-16-19-22-25-27-28-29-31-33-36-39-42-45-48-51-57(60)63-54-55(53-62-56(59)50-47-44-41-38-35-32-24-21-18-15-12-9-6-3)64-58(61)52-49-46-43-40-37-34-30-26-23-20-17-14-11-8-5-2/h12,15,17,20-21,24,26,30,55H,4-11,13-14,16,18-19,22-23,25,27-29,31-54H2,1-3H3/b15-12-,20-17-,24-21-,30-26-. The summed E-state index contributed by atoms with van der Waals surface area (Å²) in [4.78, 5) is 38.1. The number of ether oxygens (including phenoxy) is 3. The van der Waals surface area contributed by atoms with Crippen molar-refractivity contribution in [1.29, 1.82) is 0 Å². The van der Waals surface area contributed by atoms with E-state index in [4.69, 9.17) is 14.2 Å². The Labute approximate surface area is 397 Å². The van der Waals surface area contributed by atoms with Gasteiger partial charge in [-0.2, -0.15) is 0 Å². The van der Waals surface area contributed by atoms with Crippen LogP contribution in [0.1, 0.15) is 284 Å². The third kappa shape index (κ3) is 50.4. The zero-order valence-electron chi connectivity index (χ0n) is 42.6. The van der Waals surface area contributed by atoms with Gasteiger partial charge in [-0.1, -0.05) is 236 Å². The highest BCUT2D eigenvalue weighted by molar-refractivity contribution is 5.71. The summed E-state index contributed by atoms with van der Waals surface area (Å²) in [5.41, 5.74) is 0. The molecule has 0 aromatic carbocycles. The predicted molar refractivity (Wildman–Crippen MR) is 275 cm³/mol. The van der Waals surface area contributed by atoms with E-state index in [2.05, 4.69) is 69.4 Å². The monoisotopic (exact) mass is 897 g/mol. The van der Waals surface area contributed by atoms with Crippen LogP contribution in [0.4, 0.5) is 0 Å². The molecule has 1 unspecified atom stereocenters. The Morgan fingerprint density at radius 2 is 0.594 bits per heavy atom. The van der Waals surface area contributed by atoms with E-state index in [1.54, 1.807) is 0 Å². The van der Waals surface area contributed by atoms with Crippen molar-refractivity contribution in [2.24, 2.45) is 0 Å². The van der Waals surface area contributed by atoms with Gasteiger partial charge in [0.05, 0.1) is 0 Å². The number of unbranched alkanes of at least 4 members (excludes halogenated alkanes) is 31. The summed E-state index contributed by atoms with van der Waals surface area (Å²) in [6.45, 7) is 6.55. The molecule has 0 aromatic rings. The zero-order valence-corrected chi connectivity index (χ0v) is 42.6. The lowest BCUT2D eigenvalue weighted by molar-refractivity contribution is -0.167. The summed E-state index contributed by atoms with van der Waals surface area (Å²) in [6.07, 6.45) is 63.8. The lowest BCUT2D eigenvalue weighted by atomic mass is 10.0. The maximum absolute atomic E-state index is 12.8. The second-order valence-corrected chi connectivity index (χ2v) is 18.5. The van der Waals surface area contributed by atoms with Gasteiger partial charge in [0, 0.05) is 19.3 Å². The molecule has 0 saturated heterocycles. The number of hydrogen-bond donors (Lipinski definition) is 0.